The Bertz CT molecular complexity index is 280. The van der Waals surface area contributed by atoms with Crippen LogP contribution in [0.5, 0.6) is 0 Å². The van der Waals surface area contributed by atoms with Crippen LogP contribution in [0.3, 0.4) is 0 Å². The Morgan fingerprint density at radius 2 is 1.85 bits per heavy atom. The number of hydrogen-bond donors (Lipinski definition) is 1. The smallest absolute Gasteiger partial charge is 0.0695 e. The molecule has 1 aliphatic carbocycles. The molecule has 2 rings (SSSR count). The van der Waals surface area contributed by atoms with E-state index in [-0.39, 0.29) is 6.10 Å². The zero-order valence-corrected chi connectivity index (χ0v) is 13.7. The van der Waals surface area contributed by atoms with Gasteiger partial charge in [-0.25, -0.2) is 0 Å². The summed E-state index contributed by atoms with van der Waals surface area (Å²) in [5.41, 5.74) is 0. The molecule has 3 heteroatoms. The van der Waals surface area contributed by atoms with Gasteiger partial charge >= 0.3 is 0 Å². The standard InChI is InChI=1S/C17H34N2O/c1-4-7-14-8-9-17(20)16(12-14)19-11-10-15(13-19)18(5-2)6-3/h14-17,20H,4-13H2,1-3H3. The van der Waals surface area contributed by atoms with Gasteiger partial charge in [0.2, 0.25) is 0 Å². The zero-order valence-electron chi connectivity index (χ0n) is 13.7. The quantitative estimate of drug-likeness (QED) is 0.811. The molecule has 0 aromatic heterocycles. The number of likely N-dealkylation sites (N-methyl/N-ethyl adjacent to an activating group) is 1. The molecular formula is C17H34N2O. The van der Waals surface area contributed by atoms with Crippen molar-refractivity contribution in [2.24, 2.45) is 5.92 Å². The molecule has 1 N–H and O–H groups in total. The summed E-state index contributed by atoms with van der Waals surface area (Å²) < 4.78 is 0. The normalized spacial score (nSPS) is 35.9. The predicted molar refractivity (Wildman–Crippen MR) is 84.9 cm³/mol. The van der Waals surface area contributed by atoms with E-state index in [1.165, 1.54) is 45.2 Å². The lowest BCUT2D eigenvalue weighted by atomic mass is 9.81. The summed E-state index contributed by atoms with van der Waals surface area (Å²) in [5.74, 6) is 0.848. The van der Waals surface area contributed by atoms with Crippen molar-refractivity contribution in [1.82, 2.24) is 9.80 Å². The van der Waals surface area contributed by atoms with Gasteiger partial charge in [-0.3, -0.25) is 9.80 Å². The van der Waals surface area contributed by atoms with Crippen LogP contribution in [0.15, 0.2) is 0 Å². The van der Waals surface area contributed by atoms with E-state index in [0.717, 1.165) is 25.4 Å². The van der Waals surface area contributed by atoms with Gasteiger partial charge in [0.05, 0.1) is 6.10 Å². The van der Waals surface area contributed by atoms with Crippen LogP contribution >= 0.6 is 0 Å². The molecule has 2 aliphatic rings. The molecule has 118 valence electrons. The first-order valence-electron chi connectivity index (χ1n) is 8.85. The highest BCUT2D eigenvalue weighted by Gasteiger charge is 2.37. The van der Waals surface area contributed by atoms with Gasteiger partial charge in [0.25, 0.3) is 0 Å². The molecule has 0 bridgehead atoms. The fourth-order valence-electron chi connectivity index (χ4n) is 4.39. The summed E-state index contributed by atoms with van der Waals surface area (Å²) in [6.45, 7) is 11.5. The lowest BCUT2D eigenvalue weighted by Crippen LogP contribution is -2.47. The maximum Gasteiger partial charge on any atom is 0.0695 e. The van der Waals surface area contributed by atoms with E-state index in [1.54, 1.807) is 0 Å². The van der Waals surface area contributed by atoms with E-state index in [2.05, 4.69) is 30.6 Å². The Kier molecular flexibility index (Phi) is 6.31. The molecule has 1 heterocycles. The summed E-state index contributed by atoms with van der Waals surface area (Å²) in [5, 5.41) is 10.4. The van der Waals surface area contributed by atoms with E-state index in [4.69, 9.17) is 0 Å². The second-order valence-electron chi connectivity index (χ2n) is 6.76. The van der Waals surface area contributed by atoms with Crippen LogP contribution in [0, 0.1) is 5.92 Å². The third kappa shape index (κ3) is 3.75. The Morgan fingerprint density at radius 3 is 2.50 bits per heavy atom. The SMILES string of the molecule is CCCC1CCC(O)C(N2CCC(N(CC)CC)C2)C1. The molecule has 4 atom stereocenters. The first kappa shape index (κ1) is 16.3. The van der Waals surface area contributed by atoms with Gasteiger partial charge < -0.3 is 5.11 Å². The molecule has 1 aliphatic heterocycles. The highest BCUT2D eigenvalue weighted by molar-refractivity contribution is 4.92. The molecule has 1 saturated carbocycles. The van der Waals surface area contributed by atoms with Crippen molar-refractivity contribution in [3.8, 4) is 0 Å². The molecule has 3 nitrogen and oxygen atoms in total. The number of nitrogens with zero attached hydrogens (tertiary/aromatic N) is 2. The molecule has 0 aromatic rings. The number of likely N-dealkylation sites (tertiary alicyclic amines) is 1. The lowest BCUT2D eigenvalue weighted by molar-refractivity contribution is 0.00875. The Balaban J connectivity index is 1.90. The van der Waals surface area contributed by atoms with Crippen LogP contribution in [0.25, 0.3) is 0 Å². The van der Waals surface area contributed by atoms with Crippen LogP contribution in [0.2, 0.25) is 0 Å². The monoisotopic (exact) mass is 282 g/mol. The molecule has 0 spiro atoms. The lowest BCUT2D eigenvalue weighted by Gasteiger charge is -2.39. The fraction of sp³-hybridized carbons (Fsp3) is 1.00. The van der Waals surface area contributed by atoms with Gasteiger partial charge in [-0.2, -0.15) is 0 Å². The minimum atomic E-state index is -0.0847. The maximum absolute atomic E-state index is 10.4. The van der Waals surface area contributed by atoms with E-state index in [0.29, 0.717) is 12.1 Å². The molecular weight excluding hydrogens is 248 g/mol. The molecule has 4 unspecified atom stereocenters. The molecule has 0 aromatic carbocycles. The first-order valence-corrected chi connectivity index (χ1v) is 8.85. The maximum atomic E-state index is 10.4. The van der Waals surface area contributed by atoms with Crippen molar-refractivity contribution in [1.29, 1.82) is 0 Å². The summed E-state index contributed by atoms with van der Waals surface area (Å²) >= 11 is 0. The number of rotatable bonds is 6. The van der Waals surface area contributed by atoms with Crippen LogP contribution < -0.4 is 0 Å². The van der Waals surface area contributed by atoms with Gasteiger partial charge in [-0.15, -0.1) is 0 Å². The summed E-state index contributed by atoms with van der Waals surface area (Å²) in [6, 6.07) is 1.14. The van der Waals surface area contributed by atoms with Gasteiger partial charge in [0.1, 0.15) is 0 Å². The Hall–Kier alpha value is -0.120. The third-order valence-corrected chi connectivity index (χ3v) is 5.58. The molecule has 0 radical (unpaired) electrons. The van der Waals surface area contributed by atoms with Crippen molar-refractivity contribution in [2.45, 2.75) is 77.5 Å². The summed E-state index contributed by atoms with van der Waals surface area (Å²) in [4.78, 5) is 5.17. The van der Waals surface area contributed by atoms with Crippen LogP contribution in [-0.4, -0.2) is 59.3 Å². The highest BCUT2D eigenvalue weighted by Crippen LogP contribution is 2.33. The number of hydrogen-bond acceptors (Lipinski definition) is 3. The second-order valence-corrected chi connectivity index (χ2v) is 6.76. The second kappa shape index (κ2) is 7.77. The van der Waals surface area contributed by atoms with Gasteiger partial charge in [-0.1, -0.05) is 33.6 Å². The van der Waals surface area contributed by atoms with E-state index >= 15 is 0 Å². The number of aliphatic hydroxyl groups excluding tert-OH is 1. The van der Waals surface area contributed by atoms with E-state index < -0.39 is 0 Å². The predicted octanol–water partition coefficient (Wildman–Crippen LogP) is 2.73. The number of aliphatic hydroxyl groups is 1. The molecule has 1 saturated heterocycles. The van der Waals surface area contributed by atoms with E-state index in [1.807, 2.05) is 0 Å². The molecule has 0 amide bonds. The third-order valence-electron chi connectivity index (χ3n) is 5.58. The van der Waals surface area contributed by atoms with Crippen molar-refractivity contribution < 1.29 is 5.11 Å². The van der Waals surface area contributed by atoms with Crippen LogP contribution in [0.1, 0.15) is 59.3 Å². The van der Waals surface area contributed by atoms with Crippen LogP contribution in [0.4, 0.5) is 0 Å². The average molecular weight is 282 g/mol. The minimum absolute atomic E-state index is 0.0847. The average Bonchev–Trinajstić information content (AvgIpc) is 2.92. The molecule has 20 heavy (non-hydrogen) atoms. The van der Waals surface area contributed by atoms with Gasteiger partial charge in [0.15, 0.2) is 0 Å². The van der Waals surface area contributed by atoms with Crippen LogP contribution in [-0.2, 0) is 0 Å². The Morgan fingerprint density at radius 1 is 1.10 bits per heavy atom. The zero-order chi connectivity index (χ0) is 14.5. The van der Waals surface area contributed by atoms with E-state index in [9.17, 15) is 5.11 Å². The first-order chi connectivity index (χ1) is 9.69. The summed E-state index contributed by atoms with van der Waals surface area (Å²) in [6.07, 6.45) is 7.30. The molecule has 2 fully saturated rings. The van der Waals surface area contributed by atoms with Crippen molar-refractivity contribution >= 4 is 0 Å². The fourth-order valence-corrected chi connectivity index (χ4v) is 4.39. The van der Waals surface area contributed by atoms with Gasteiger partial charge in [-0.05, 0) is 44.7 Å². The summed E-state index contributed by atoms with van der Waals surface area (Å²) in [7, 11) is 0. The van der Waals surface area contributed by atoms with Crippen molar-refractivity contribution in [3.05, 3.63) is 0 Å². The van der Waals surface area contributed by atoms with Crippen molar-refractivity contribution in [2.75, 3.05) is 26.2 Å². The van der Waals surface area contributed by atoms with Gasteiger partial charge in [0, 0.05) is 25.2 Å². The highest BCUT2D eigenvalue weighted by atomic mass is 16.3. The minimum Gasteiger partial charge on any atom is -0.391 e. The largest absolute Gasteiger partial charge is 0.391 e. The Labute approximate surface area is 125 Å². The van der Waals surface area contributed by atoms with Crippen molar-refractivity contribution in [3.63, 3.8) is 0 Å². The topological polar surface area (TPSA) is 26.7 Å².